The van der Waals surface area contributed by atoms with Gasteiger partial charge in [-0.05, 0) is 33.6 Å². The Kier molecular flexibility index (Phi) is 5.99. The second-order valence-electron chi connectivity index (χ2n) is 5.19. The van der Waals surface area contributed by atoms with E-state index in [9.17, 15) is 18.0 Å². The van der Waals surface area contributed by atoms with E-state index >= 15 is 0 Å². The molecule has 0 aliphatic rings. The number of carboxylic acids is 1. The number of carbonyl (C=O) groups excluding carboxylic acids is 1. The summed E-state index contributed by atoms with van der Waals surface area (Å²) in [5, 5.41) is 8.61. The average molecular weight is 293 g/mol. The lowest BCUT2D eigenvalue weighted by Crippen LogP contribution is -2.51. The number of sulfone groups is 1. The summed E-state index contributed by atoms with van der Waals surface area (Å²) in [6.45, 7) is 8.11. The first kappa shape index (κ1) is 17.9. The molecule has 0 radical (unpaired) electrons. The molecule has 0 heterocycles. The standard InChI is InChI=1S/C12H23NO5S/c1-6-9(11(15)16)19(17,18)8(3)10(14)13-12(4,5)7-2/h8-9H,6-7H2,1-5H3,(H,13,14)(H,15,16). The van der Waals surface area contributed by atoms with Gasteiger partial charge in [-0.3, -0.25) is 9.59 Å². The molecule has 112 valence electrons. The molecule has 0 aromatic carbocycles. The smallest absolute Gasteiger partial charge is 0.321 e. The lowest BCUT2D eigenvalue weighted by Gasteiger charge is -2.27. The highest BCUT2D eigenvalue weighted by atomic mass is 32.2. The van der Waals surface area contributed by atoms with E-state index in [-0.39, 0.29) is 6.42 Å². The summed E-state index contributed by atoms with van der Waals surface area (Å²) < 4.78 is 24.2. The van der Waals surface area contributed by atoms with E-state index in [1.807, 2.05) is 6.92 Å². The van der Waals surface area contributed by atoms with Gasteiger partial charge in [-0.2, -0.15) is 0 Å². The average Bonchev–Trinajstić information content (AvgIpc) is 2.27. The van der Waals surface area contributed by atoms with Crippen molar-refractivity contribution in [2.45, 2.75) is 63.5 Å². The number of hydrogen-bond acceptors (Lipinski definition) is 4. The third-order valence-corrected chi connectivity index (χ3v) is 5.78. The van der Waals surface area contributed by atoms with Crippen molar-refractivity contribution >= 4 is 21.7 Å². The van der Waals surface area contributed by atoms with Crippen LogP contribution in [0.15, 0.2) is 0 Å². The van der Waals surface area contributed by atoms with E-state index in [1.165, 1.54) is 13.8 Å². The Morgan fingerprint density at radius 2 is 1.74 bits per heavy atom. The van der Waals surface area contributed by atoms with Crippen LogP contribution in [0.4, 0.5) is 0 Å². The third-order valence-electron chi connectivity index (χ3n) is 3.25. The van der Waals surface area contributed by atoms with E-state index < -0.39 is 37.8 Å². The molecule has 0 aliphatic carbocycles. The first-order valence-corrected chi connectivity index (χ1v) is 7.88. The van der Waals surface area contributed by atoms with Crippen molar-refractivity contribution in [3.63, 3.8) is 0 Å². The largest absolute Gasteiger partial charge is 0.480 e. The van der Waals surface area contributed by atoms with Crippen LogP contribution in [0.25, 0.3) is 0 Å². The van der Waals surface area contributed by atoms with Crippen LogP contribution in [0, 0.1) is 0 Å². The maximum absolute atomic E-state index is 12.1. The number of aliphatic carboxylic acids is 1. The van der Waals surface area contributed by atoms with E-state index in [0.29, 0.717) is 6.42 Å². The summed E-state index contributed by atoms with van der Waals surface area (Å²) in [6.07, 6.45) is 0.577. The second kappa shape index (κ2) is 6.36. The van der Waals surface area contributed by atoms with Crippen molar-refractivity contribution in [3.8, 4) is 0 Å². The molecule has 0 aromatic heterocycles. The molecule has 2 atom stereocenters. The molecule has 0 bridgehead atoms. The Balaban J connectivity index is 5.14. The minimum absolute atomic E-state index is 0.0630. The summed E-state index contributed by atoms with van der Waals surface area (Å²) in [5.41, 5.74) is -0.522. The summed E-state index contributed by atoms with van der Waals surface area (Å²) in [7, 11) is -4.04. The van der Waals surface area contributed by atoms with Gasteiger partial charge in [-0.15, -0.1) is 0 Å². The predicted octanol–water partition coefficient (Wildman–Crippen LogP) is 0.958. The SMILES string of the molecule is CCC(C(=O)O)S(=O)(=O)C(C)C(=O)NC(C)(C)CC. The minimum Gasteiger partial charge on any atom is -0.480 e. The monoisotopic (exact) mass is 293 g/mol. The third kappa shape index (κ3) is 4.49. The molecular weight excluding hydrogens is 270 g/mol. The number of carbonyl (C=O) groups is 2. The van der Waals surface area contributed by atoms with Crippen LogP contribution in [0.3, 0.4) is 0 Å². The summed E-state index contributed by atoms with van der Waals surface area (Å²) in [5.74, 6) is -2.08. The molecule has 0 spiro atoms. The molecule has 0 saturated heterocycles. The zero-order valence-electron chi connectivity index (χ0n) is 12.1. The van der Waals surface area contributed by atoms with E-state index in [0.717, 1.165) is 0 Å². The quantitative estimate of drug-likeness (QED) is 0.728. The van der Waals surface area contributed by atoms with E-state index in [2.05, 4.69) is 5.32 Å². The van der Waals surface area contributed by atoms with Gasteiger partial charge in [0.1, 0.15) is 5.25 Å². The van der Waals surface area contributed by atoms with Gasteiger partial charge in [-0.25, -0.2) is 8.42 Å². The van der Waals surface area contributed by atoms with Gasteiger partial charge >= 0.3 is 5.97 Å². The normalized spacial score (nSPS) is 15.6. The Labute approximate surface area is 114 Å². The van der Waals surface area contributed by atoms with Gasteiger partial charge in [-0.1, -0.05) is 13.8 Å². The van der Waals surface area contributed by atoms with Crippen molar-refractivity contribution in [1.82, 2.24) is 5.32 Å². The van der Waals surface area contributed by atoms with E-state index in [1.54, 1.807) is 13.8 Å². The molecule has 7 heteroatoms. The number of hydrogen-bond donors (Lipinski definition) is 2. The lowest BCUT2D eigenvalue weighted by atomic mass is 10.0. The Morgan fingerprint density at radius 1 is 1.26 bits per heavy atom. The van der Waals surface area contributed by atoms with Crippen molar-refractivity contribution < 1.29 is 23.1 Å². The van der Waals surface area contributed by atoms with Crippen LogP contribution in [0.5, 0.6) is 0 Å². The summed E-state index contributed by atoms with van der Waals surface area (Å²) in [6, 6.07) is 0. The van der Waals surface area contributed by atoms with Gasteiger partial charge in [0.05, 0.1) is 0 Å². The van der Waals surface area contributed by atoms with Crippen LogP contribution in [0.2, 0.25) is 0 Å². The van der Waals surface area contributed by atoms with Crippen molar-refractivity contribution in [2.24, 2.45) is 0 Å². The van der Waals surface area contributed by atoms with Crippen LogP contribution >= 0.6 is 0 Å². The van der Waals surface area contributed by atoms with Gasteiger partial charge in [0.2, 0.25) is 5.91 Å². The minimum atomic E-state index is -4.04. The Morgan fingerprint density at radius 3 is 2.05 bits per heavy atom. The highest BCUT2D eigenvalue weighted by Gasteiger charge is 2.39. The number of amides is 1. The molecule has 6 nitrogen and oxygen atoms in total. The van der Waals surface area contributed by atoms with Crippen LogP contribution < -0.4 is 5.32 Å². The van der Waals surface area contributed by atoms with Gasteiger partial charge in [0.25, 0.3) is 0 Å². The first-order valence-electron chi connectivity index (χ1n) is 6.27. The fraction of sp³-hybridized carbons (Fsp3) is 0.833. The molecular formula is C12H23NO5S. The molecule has 0 aliphatic heterocycles. The van der Waals surface area contributed by atoms with Crippen molar-refractivity contribution in [3.05, 3.63) is 0 Å². The lowest BCUT2D eigenvalue weighted by molar-refractivity contribution is -0.136. The molecule has 2 unspecified atom stereocenters. The molecule has 1 amide bonds. The molecule has 0 saturated carbocycles. The fourth-order valence-electron chi connectivity index (χ4n) is 1.47. The van der Waals surface area contributed by atoms with Gasteiger partial charge in [0, 0.05) is 5.54 Å². The van der Waals surface area contributed by atoms with Crippen molar-refractivity contribution in [1.29, 1.82) is 0 Å². The number of carboxylic acid groups (broad SMARTS) is 1. The summed E-state index contributed by atoms with van der Waals surface area (Å²) in [4.78, 5) is 22.9. The summed E-state index contributed by atoms with van der Waals surface area (Å²) >= 11 is 0. The van der Waals surface area contributed by atoms with Gasteiger partial charge < -0.3 is 10.4 Å². The Hall–Kier alpha value is -1.11. The van der Waals surface area contributed by atoms with Crippen LogP contribution in [-0.2, 0) is 19.4 Å². The molecule has 0 aromatic rings. The molecule has 2 N–H and O–H groups in total. The highest BCUT2D eigenvalue weighted by molar-refractivity contribution is 7.94. The zero-order chi connectivity index (χ0) is 15.4. The maximum atomic E-state index is 12.1. The Bertz CT molecular complexity index is 441. The molecule has 0 fully saturated rings. The van der Waals surface area contributed by atoms with Crippen molar-refractivity contribution in [2.75, 3.05) is 0 Å². The highest BCUT2D eigenvalue weighted by Crippen LogP contribution is 2.15. The van der Waals surface area contributed by atoms with Gasteiger partial charge in [0.15, 0.2) is 15.1 Å². The zero-order valence-corrected chi connectivity index (χ0v) is 12.9. The van der Waals surface area contributed by atoms with Crippen LogP contribution in [0.1, 0.15) is 47.5 Å². The second-order valence-corrected chi connectivity index (χ2v) is 7.65. The molecule has 0 rings (SSSR count). The molecule has 19 heavy (non-hydrogen) atoms. The topological polar surface area (TPSA) is 101 Å². The fourth-order valence-corrected chi connectivity index (χ4v) is 3.06. The number of nitrogens with one attached hydrogen (secondary N) is 1. The first-order chi connectivity index (χ1) is 8.49. The number of rotatable bonds is 7. The maximum Gasteiger partial charge on any atom is 0.321 e. The predicted molar refractivity (Wildman–Crippen MR) is 72.6 cm³/mol. The van der Waals surface area contributed by atoms with Crippen LogP contribution in [-0.4, -0.2) is 41.4 Å². The van der Waals surface area contributed by atoms with E-state index in [4.69, 9.17) is 5.11 Å².